The quantitative estimate of drug-likeness (QED) is 0.0373. The van der Waals surface area contributed by atoms with E-state index in [-0.39, 0.29) is 12.6 Å². The Labute approximate surface area is 480 Å². The molecule has 1 atom stereocenters. The first-order chi connectivity index (χ1) is 36.4. The zero-order valence-electron chi connectivity index (χ0n) is 56.9. The monoisotopic (exact) mass is 1080 g/mol. The molecule has 0 spiro atoms. The second kappa shape index (κ2) is 112. The average molecular weight is 1080 g/mol. The molecule has 0 bridgehead atoms. The van der Waals surface area contributed by atoms with E-state index in [2.05, 4.69) is 109 Å². The Kier molecular flexibility index (Phi) is 144. The molecule has 6 heteroatoms. The van der Waals surface area contributed by atoms with Crippen molar-refractivity contribution in [1.82, 2.24) is 4.90 Å². The Hall–Kier alpha value is -1.14. The zero-order valence-corrected chi connectivity index (χ0v) is 56.9. The number of aliphatic hydroxyl groups is 1. The van der Waals surface area contributed by atoms with Gasteiger partial charge in [0.2, 0.25) is 0 Å². The smallest absolute Gasteiger partial charge is 0.305 e. The van der Waals surface area contributed by atoms with E-state index in [1.165, 1.54) is 212 Å². The summed E-state index contributed by atoms with van der Waals surface area (Å²) in [4.78, 5) is 23.7. The molecule has 1 N–H and O–H groups in total. The van der Waals surface area contributed by atoms with E-state index < -0.39 is 0 Å². The van der Waals surface area contributed by atoms with Crippen LogP contribution in [0, 0.1) is 11.8 Å². The largest absolute Gasteiger partial charge is 0.468 e. The van der Waals surface area contributed by atoms with E-state index in [0.717, 1.165) is 45.3 Å². The summed E-state index contributed by atoms with van der Waals surface area (Å²) in [6.07, 6.45) is 49.6. The van der Waals surface area contributed by atoms with Gasteiger partial charge in [0.15, 0.2) is 0 Å². The van der Waals surface area contributed by atoms with Crippen molar-refractivity contribution < 1.29 is 24.2 Å². The van der Waals surface area contributed by atoms with Crippen molar-refractivity contribution in [1.29, 1.82) is 0 Å². The third-order valence-corrected chi connectivity index (χ3v) is 11.7. The Balaban J connectivity index is -0.0000000864. The molecular formula is C69H155NO5. The van der Waals surface area contributed by atoms with E-state index in [1.807, 2.05) is 41.5 Å². The molecule has 466 valence electrons. The van der Waals surface area contributed by atoms with Gasteiger partial charge in [0.25, 0.3) is 6.47 Å². The minimum Gasteiger partial charge on any atom is -0.468 e. The lowest BCUT2D eigenvalue weighted by Gasteiger charge is -2.21. The third-order valence-electron chi connectivity index (χ3n) is 11.7. The summed E-state index contributed by atoms with van der Waals surface area (Å²) in [5.41, 5.74) is 0. The van der Waals surface area contributed by atoms with Gasteiger partial charge < -0.3 is 19.5 Å². The van der Waals surface area contributed by atoms with Gasteiger partial charge in [-0.1, -0.05) is 357 Å². The summed E-state index contributed by atoms with van der Waals surface area (Å²) in [6, 6.07) is 0. The predicted octanol–water partition coefficient (Wildman–Crippen LogP) is 24.3. The molecule has 75 heavy (non-hydrogen) atoms. The van der Waals surface area contributed by atoms with Crippen LogP contribution >= 0.6 is 0 Å². The molecule has 0 aromatic rings. The molecule has 0 fully saturated rings. The number of carbonyl (C=O) groups excluding carboxylic acids is 2. The summed E-state index contributed by atoms with van der Waals surface area (Å²) < 4.78 is 9.88. The lowest BCUT2D eigenvalue weighted by molar-refractivity contribution is -0.144. The first-order valence-electron chi connectivity index (χ1n) is 34.0. The standard InChI is InChI=1S/C19H39NO3.C10H22.C9H18O2.2C7H16.2C5H12.C3H8.2C2H6/c1-4-5-6-7-10-13-20(15-16-21)14-11-8-9-12-19(22)23-17-18(2)3;1-3-5-7-9-10-8-6-4-2;1-3-5-6-9(4-2)7-11-8-10;2*1-3-5-7-6-4-2;2*1-3-5-4-2;1-3-2;2*1-2/h18,21H,4-17H2,1-3H3;3-10H2,1-2H3;8-9H,3-7H2,1-2H3;2*3-7H2,1-2H3;2*3-5H2,1-2H3;3H2,1-2H3;2*1-2H3. The van der Waals surface area contributed by atoms with Gasteiger partial charge in [-0.3, -0.25) is 9.59 Å². The fourth-order valence-electron chi connectivity index (χ4n) is 6.87. The lowest BCUT2D eigenvalue weighted by Crippen LogP contribution is -2.29. The number of hydrogen-bond acceptors (Lipinski definition) is 6. The van der Waals surface area contributed by atoms with Crippen molar-refractivity contribution in [2.75, 3.05) is 39.5 Å². The summed E-state index contributed by atoms with van der Waals surface area (Å²) in [5, 5.41) is 9.15. The first-order valence-corrected chi connectivity index (χ1v) is 34.0. The highest BCUT2D eigenvalue weighted by Gasteiger charge is 2.07. The van der Waals surface area contributed by atoms with Gasteiger partial charge in [0, 0.05) is 13.0 Å². The van der Waals surface area contributed by atoms with Crippen LogP contribution in [0.5, 0.6) is 0 Å². The number of nitrogens with zero attached hydrogens (tertiary/aromatic N) is 1. The van der Waals surface area contributed by atoms with E-state index in [1.54, 1.807) is 0 Å². The minimum absolute atomic E-state index is 0.0677. The van der Waals surface area contributed by atoms with E-state index in [9.17, 15) is 9.59 Å². The maximum Gasteiger partial charge on any atom is 0.305 e. The Morgan fingerprint density at radius 3 is 0.973 bits per heavy atom. The van der Waals surface area contributed by atoms with Crippen molar-refractivity contribution in [2.45, 2.75) is 389 Å². The van der Waals surface area contributed by atoms with Gasteiger partial charge in [-0.15, -0.1) is 0 Å². The number of ether oxygens (including phenoxy) is 2. The van der Waals surface area contributed by atoms with Crippen LogP contribution in [0.4, 0.5) is 0 Å². The van der Waals surface area contributed by atoms with Gasteiger partial charge in [0.1, 0.15) is 0 Å². The number of carbonyl (C=O) groups is 2. The normalized spacial score (nSPS) is 9.97. The maximum atomic E-state index is 11.5. The Bertz CT molecular complexity index is 758. The van der Waals surface area contributed by atoms with Crippen LogP contribution in [0.1, 0.15) is 389 Å². The van der Waals surface area contributed by atoms with Gasteiger partial charge in [-0.05, 0) is 50.6 Å². The second-order valence-electron chi connectivity index (χ2n) is 20.4. The van der Waals surface area contributed by atoms with E-state index in [0.29, 0.717) is 37.9 Å². The van der Waals surface area contributed by atoms with Crippen molar-refractivity contribution >= 4 is 12.4 Å². The number of esters is 1. The molecular weight excluding hydrogens is 923 g/mol. The minimum atomic E-state index is -0.0677. The second-order valence-corrected chi connectivity index (χ2v) is 20.4. The SMILES string of the molecule is CC.CC.CCC.CCCCC.CCCCC.CCCCC(CC)COC=O.CCCCCCC.CCCCCCC.CCCCCCCCCC.CCCCCCCN(CCO)CCCCCC(=O)OCC(C)C. The zero-order chi connectivity index (χ0) is 59.5. The number of hydrogen-bond donors (Lipinski definition) is 1. The number of rotatable bonds is 42. The average Bonchev–Trinajstić information content (AvgIpc) is 3.42. The van der Waals surface area contributed by atoms with E-state index >= 15 is 0 Å². The summed E-state index contributed by atoms with van der Waals surface area (Å²) in [6.45, 7) is 50.0. The molecule has 1 unspecified atom stereocenters. The molecule has 0 aliphatic carbocycles. The van der Waals surface area contributed by atoms with Crippen molar-refractivity contribution in [3.8, 4) is 0 Å². The molecule has 6 nitrogen and oxygen atoms in total. The topological polar surface area (TPSA) is 76.1 Å². The number of unbranched alkanes of at least 4 members (excludes halogenated alkanes) is 26. The van der Waals surface area contributed by atoms with Crippen LogP contribution in [0.3, 0.4) is 0 Å². The predicted molar refractivity (Wildman–Crippen MR) is 348 cm³/mol. The van der Waals surface area contributed by atoms with Crippen molar-refractivity contribution in [2.24, 2.45) is 11.8 Å². The van der Waals surface area contributed by atoms with Crippen LogP contribution in [-0.2, 0) is 19.1 Å². The fraction of sp³-hybridized carbons (Fsp3) is 0.971. The Morgan fingerprint density at radius 2 is 0.707 bits per heavy atom. The molecule has 0 aliphatic rings. The van der Waals surface area contributed by atoms with Crippen LogP contribution in [0.2, 0.25) is 0 Å². The summed E-state index contributed by atoms with van der Waals surface area (Å²) >= 11 is 0. The molecule has 0 aromatic heterocycles. The van der Waals surface area contributed by atoms with Crippen LogP contribution in [-0.4, -0.2) is 61.9 Å². The van der Waals surface area contributed by atoms with Gasteiger partial charge in [-0.2, -0.15) is 0 Å². The highest BCUT2D eigenvalue weighted by molar-refractivity contribution is 5.69. The summed E-state index contributed by atoms with van der Waals surface area (Å²) in [7, 11) is 0. The molecule has 0 aromatic carbocycles. The highest BCUT2D eigenvalue weighted by Crippen LogP contribution is 2.12. The van der Waals surface area contributed by atoms with Crippen molar-refractivity contribution in [3.05, 3.63) is 0 Å². The fourth-order valence-corrected chi connectivity index (χ4v) is 6.87. The molecule has 0 amide bonds. The van der Waals surface area contributed by atoms with Crippen molar-refractivity contribution in [3.63, 3.8) is 0 Å². The lowest BCUT2D eigenvalue weighted by atomic mass is 10.0. The van der Waals surface area contributed by atoms with Crippen LogP contribution in [0.25, 0.3) is 0 Å². The molecule has 0 rings (SSSR count). The van der Waals surface area contributed by atoms with Gasteiger partial charge in [0.05, 0.1) is 19.8 Å². The summed E-state index contributed by atoms with van der Waals surface area (Å²) in [5.74, 6) is 0.908. The molecule has 0 saturated carbocycles. The number of aliphatic hydroxyl groups excluding tert-OH is 1. The molecule has 0 radical (unpaired) electrons. The van der Waals surface area contributed by atoms with Gasteiger partial charge in [-0.25, -0.2) is 0 Å². The molecule has 0 saturated heterocycles. The van der Waals surface area contributed by atoms with Crippen LogP contribution < -0.4 is 0 Å². The first kappa shape index (κ1) is 96.1. The molecule has 0 aliphatic heterocycles. The highest BCUT2D eigenvalue weighted by atomic mass is 16.5. The third kappa shape index (κ3) is 141. The maximum absolute atomic E-state index is 11.5. The van der Waals surface area contributed by atoms with Gasteiger partial charge >= 0.3 is 5.97 Å². The molecule has 0 heterocycles. The van der Waals surface area contributed by atoms with E-state index in [4.69, 9.17) is 14.6 Å². The Morgan fingerprint density at radius 1 is 0.413 bits per heavy atom. The van der Waals surface area contributed by atoms with Crippen LogP contribution in [0.15, 0.2) is 0 Å².